The molecule has 1 aliphatic carbocycles. The Morgan fingerprint density at radius 1 is 1.21 bits per heavy atom. The first-order chi connectivity index (χ1) is 11.7. The van der Waals surface area contributed by atoms with Gasteiger partial charge in [-0.15, -0.1) is 0 Å². The minimum Gasteiger partial charge on any atom is -0.377 e. The zero-order valence-electron chi connectivity index (χ0n) is 13.9. The van der Waals surface area contributed by atoms with E-state index in [-0.39, 0.29) is 5.56 Å². The van der Waals surface area contributed by atoms with Crippen molar-refractivity contribution in [1.29, 1.82) is 0 Å². The average molecular weight is 348 g/mol. The molecule has 0 aliphatic heterocycles. The first-order valence-corrected chi connectivity index (χ1v) is 10.1. The maximum atomic E-state index is 12.3. The highest BCUT2D eigenvalue weighted by Gasteiger charge is 2.13. The van der Waals surface area contributed by atoms with Crippen LogP contribution < -0.4 is 5.56 Å². The smallest absolute Gasteiger partial charge is 0.258 e. The minimum absolute atomic E-state index is 0.137. The van der Waals surface area contributed by atoms with Crippen molar-refractivity contribution in [2.75, 3.05) is 12.4 Å². The van der Waals surface area contributed by atoms with Crippen LogP contribution in [-0.2, 0) is 21.3 Å². The Bertz CT molecular complexity index is 751. The Kier molecular flexibility index (Phi) is 6.15. The molecule has 0 spiro atoms. The molecule has 24 heavy (non-hydrogen) atoms. The van der Waals surface area contributed by atoms with Gasteiger partial charge in [0.05, 0.1) is 24.2 Å². The fourth-order valence-electron chi connectivity index (χ4n) is 3.13. The van der Waals surface area contributed by atoms with Crippen LogP contribution in [0.25, 0.3) is 5.65 Å². The van der Waals surface area contributed by atoms with E-state index in [4.69, 9.17) is 4.74 Å². The van der Waals surface area contributed by atoms with Crippen LogP contribution in [0, 0.1) is 0 Å². The van der Waals surface area contributed by atoms with Crippen molar-refractivity contribution in [2.45, 2.75) is 50.4 Å². The normalized spacial score (nSPS) is 17.7. The summed E-state index contributed by atoms with van der Waals surface area (Å²) in [7, 11) is -1.07. The molecule has 1 atom stereocenters. The van der Waals surface area contributed by atoms with Gasteiger partial charge in [0.1, 0.15) is 5.65 Å². The van der Waals surface area contributed by atoms with Gasteiger partial charge in [-0.05, 0) is 25.0 Å². The molecule has 6 heteroatoms. The van der Waals surface area contributed by atoms with E-state index < -0.39 is 10.8 Å². The molecule has 0 saturated heterocycles. The van der Waals surface area contributed by atoms with Gasteiger partial charge in [-0.3, -0.25) is 13.4 Å². The summed E-state index contributed by atoms with van der Waals surface area (Å²) in [5.74, 6) is 0.793. The molecule has 1 fully saturated rings. The predicted octanol–water partition coefficient (Wildman–Crippen LogP) is 2.68. The maximum Gasteiger partial charge on any atom is 0.258 e. The van der Waals surface area contributed by atoms with Gasteiger partial charge >= 0.3 is 0 Å². The number of rotatable bonds is 6. The summed E-state index contributed by atoms with van der Waals surface area (Å²) in [6.07, 6.45) is 9.33. The van der Waals surface area contributed by atoms with E-state index in [1.807, 2.05) is 6.07 Å². The second-order valence-electron chi connectivity index (χ2n) is 6.29. The van der Waals surface area contributed by atoms with Gasteiger partial charge in [-0.2, -0.15) is 0 Å². The van der Waals surface area contributed by atoms with E-state index in [0.29, 0.717) is 35.6 Å². The van der Waals surface area contributed by atoms with Gasteiger partial charge in [0.25, 0.3) is 5.56 Å². The third-order valence-corrected chi connectivity index (χ3v) is 5.64. The minimum atomic E-state index is -1.07. The molecular formula is C18H24N2O3S. The highest BCUT2D eigenvalue weighted by Crippen LogP contribution is 2.19. The van der Waals surface area contributed by atoms with Crippen LogP contribution >= 0.6 is 0 Å². The molecule has 2 heterocycles. The zero-order chi connectivity index (χ0) is 16.8. The fraction of sp³-hybridized carbons (Fsp3) is 0.556. The fourth-order valence-corrected chi connectivity index (χ4v) is 4.03. The Hall–Kier alpha value is -1.53. The maximum absolute atomic E-state index is 12.3. The zero-order valence-corrected chi connectivity index (χ0v) is 14.7. The van der Waals surface area contributed by atoms with Crippen LogP contribution in [0.2, 0.25) is 0 Å². The average Bonchev–Trinajstić information content (AvgIpc) is 2.84. The number of ether oxygens (including phenoxy) is 1. The van der Waals surface area contributed by atoms with Crippen LogP contribution in [0.3, 0.4) is 0 Å². The quantitative estimate of drug-likeness (QED) is 0.753. The first-order valence-electron chi connectivity index (χ1n) is 8.66. The second-order valence-corrected chi connectivity index (χ2v) is 7.86. The van der Waals surface area contributed by atoms with Crippen molar-refractivity contribution in [3.8, 4) is 0 Å². The van der Waals surface area contributed by atoms with Crippen LogP contribution in [0.15, 0.2) is 35.3 Å². The standard InChI is InChI=1S/C18H24N2O3S/c21-18-13-15(19-17-9-5-6-10-20(17)18)14-24(22)12-11-23-16-7-3-1-2-4-8-16/h5-6,9-10,13,16H,1-4,7-8,11-12,14H2/t24-/m1/s1. The molecule has 2 aromatic rings. The van der Waals surface area contributed by atoms with Gasteiger partial charge < -0.3 is 4.74 Å². The lowest BCUT2D eigenvalue weighted by Crippen LogP contribution is -2.18. The third-order valence-electron chi connectivity index (χ3n) is 4.40. The Morgan fingerprint density at radius 3 is 2.79 bits per heavy atom. The monoisotopic (exact) mass is 348 g/mol. The lowest BCUT2D eigenvalue weighted by Gasteiger charge is -2.15. The SMILES string of the molecule is O=c1cc(C[S@](=O)CCOC2CCCCCC2)nc2ccccn12. The topological polar surface area (TPSA) is 60.7 Å². The molecule has 0 aromatic carbocycles. The highest BCUT2D eigenvalue weighted by molar-refractivity contribution is 7.84. The Labute approximate surface area is 144 Å². The van der Waals surface area contributed by atoms with E-state index in [0.717, 1.165) is 12.8 Å². The summed E-state index contributed by atoms with van der Waals surface area (Å²) in [6, 6.07) is 6.88. The second kappa shape index (κ2) is 8.53. The van der Waals surface area contributed by atoms with E-state index in [2.05, 4.69) is 4.98 Å². The number of fused-ring (bicyclic) bond motifs is 1. The molecule has 1 saturated carbocycles. The first kappa shape index (κ1) is 17.3. The van der Waals surface area contributed by atoms with Crippen LogP contribution in [-0.4, -0.2) is 32.1 Å². The van der Waals surface area contributed by atoms with E-state index in [1.54, 1.807) is 18.3 Å². The van der Waals surface area contributed by atoms with E-state index in [9.17, 15) is 9.00 Å². The molecular weight excluding hydrogens is 324 g/mol. The van der Waals surface area contributed by atoms with Gasteiger partial charge in [0, 0.05) is 28.8 Å². The molecule has 0 unspecified atom stereocenters. The van der Waals surface area contributed by atoms with Crippen molar-refractivity contribution in [3.05, 3.63) is 46.5 Å². The van der Waals surface area contributed by atoms with Crippen molar-refractivity contribution < 1.29 is 8.95 Å². The van der Waals surface area contributed by atoms with E-state index >= 15 is 0 Å². The van der Waals surface area contributed by atoms with E-state index in [1.165, 1.54) is 36.2 Å². The summed E-state index contributed by atoms with van der Waals surface area (Å²) in [4.78, 5) is 16.4. The number of pyridine rings is 1. The Balaban J connectivity index is 1.52. The molecule has 130 valence electrons. The number of aromatic nitrogens is 2. The Morgan fingerprint density at radius 2 is 2.00 bits per heavy atom. The van der Waals surface area contributed by atoms with Gasteiger partial charge in [-0.25, -0.2) is 4.98 Å². The molecule has 0 amide bonds. The molecule has 5 nitrogen and oxygen atoms in total. The highest BCUT2D eigenvalue weighted by atomic mass is 32.2. The summed E-state index contributed by atoms with van der Waals surface area (Å²) < 4.78 is 19.6. The number of hydrogen-bond donors (Lipinski definition) is 0. The number of hydrogen-bond acceptors (Lipinski definition) is 4. The van der Waals surface area contributed by atoms with Crippen molar-refractivity contribution in [2.24, 2.45) is 0 Å². The van der Waals surface area contributed by atoms with Gasteiger partial charge in [0.2, 0.25) is 0 Å². The van der Waals surface area contributed by atoms with Crippen LogP contribution in [0.1, 0.15) is 44.2 Å². The van der Waals surface area contributed by atoms with Crippen molar-refractivity contribution in [1.82, 2.24) is 9.38 Å². The number of nitrogens with zero attached hydrogens (tertiary/aromatic N) is 2. The predicted molar refractivity (Wildman–Crippen MR) is 95.6 cm³/mol. The molecule has 1 aliphatic rings. The summed E-state index contributed by atoms with van der Waals surface area (Å²) in [6.45, 7) is 0.518. The van der Waals surface area contributed by atoms with Crippen molar-refractivity contribution in [3.63, 3.8) is 0 Å². The third kappa shape index (κ3) is 4.74. The summed E-state index contributed by atoms with van der Waals surface area (Å²) >= 11 is 0. The molecule has 0 bridgehead atoms. The molecule has 2 aromatic heterocycles. The molecule has 0 radical (unpaired) electrons. The van der Waals surface area contributed by atoms with Crippen molar-refractivity contribution >= 4 is 16.4 Å². The van der Waals surface area contributed by atoms with Gasteiger partial charge in [0.15, 0.2) is 0 Å². The van der Waals surface area contributed by atoms with Gasteiger partial charge in [-0.1, -0.05) is 31.7 Å². The molecule has 3 rings (SSSR count). The van der Waals surface area contributed by atoms with Crippen LogP contribution in [0.5, 0.6) is 0 Å². The van der Waals surface area contributed by atoms with Crippen LogP contribution in [0.4, 0.5) is 0 Å². The summed E-state index contributed by atoms with van der Waals surface area (Å²) in [5, 5.41) is 0. The summed E-state index contributed by atoms with van der Waals surface area (Å²) in [5.41, 5.74) is 1.04. The lowest BCUT2D eigenvalue weighted by molar-refractivity contribution is 0.0539. The largest absolute Gasteiger partial charge is 0.377 e. The molecule has 0 N–H and O–H groups in total. The lowest BCUT2D eigenvalue weighted by atomic mass is 10.1.